The number of Topliss-reactive ketones (excluding diaryl/α,β-unsaturated/α-hetero) is 1. The van der Waals surface area contributed by atoms with Crippen LogP contribution < -0.4 is 4.74 Å². The zero-order valence-corrected chi connectivity index (χ0v) is 14.3. The van der Waals surface area contributed by atoms with Crippen LogP contribution in [-0.4, -0.2) is 26.2 Å². The number of benzene rings is 2. The number of rotatable bonds is 4. The Morgan fingerprint density at radius 1 is 1.15 bits per heavy atom. The molecule has 0 aromatic heterocycles. The Labute approximate surface area is 150 Å². The minimum atomic E-state index is -0.693. The van der Waals surface area contributed by atoms with Gasteiger partial charge in [-0.1, -0.05) is 11.6 Å². The Bertz CT molecular complexity index is 900. The lowest BCUT2D eigenvalue weighted by Crippen LogP contribution is -2.21. The summed E-state index contributed by atoms with van der Waals surface area (Å²) in [5, 5.41) is 39.8. The van der Waals surface area contributed by atoms with Crippen molar-refractivity contribution in [2.75, 3.05) is 0 Å². The van der Waals surface area contributed by atoms with E-state index in [2.05, 4.69) is 6.58 Å². The zero-order valence-electron chi connectivity index (χ0n) is 14.3. The van der Waals surface area contributed by atoms with Crippen LogP contribution in [-0.2, 0) is 6.42 Å². The topological polar surface area (TPSA) is 107 Å². The molecule has 6 nitrogen and oxygen atoms in total. The third kappa shape index (κ3) is 3.18. The summed E-state index contributed by atoms with van der Waals surface area (Å²) in [7, 11) is 0. The van der Waals surface area contributed by atoms with E-state index in [-0.39, 0.29) is 46.5 Å². The van der Waals surface area contributed by atoms with E-state index in [1.165, 1.54) is 18.2 Å². The first-order chi connectivity index (χ1) is 12.3. The molecule has 3 rings (SSSR count). The van der Waals surface area contributed by atoms with Gasteiger partial charge in [0.25, 0.3) is 0 Å². The molecule has 0 spiro atoms. The van der Waals surface area contributed by atoms with Crippen molar-refractivity contribution < 1.29 is 30.0 Å². The van der Waals surface area contributed by atoms with Crippen LogP contribution in [0.2, 0.25) is 0 Å². The largest absolute Gasteiger partial charge is 0.507 e. The first-order valence-electron chi connectivity index (χ1n) is 8.21. The van der Waals surface area contributed by atoms with Crippen LogP contribution in [0.15, 0.2) is 36.4 Å². The van der Waals surface area contributed by atoms with Gasteiger partial charge < -0.3 is 25.2 Å². The number of phenolic OH excluding ortho intramolecular Hbond substituents is 4. The highest BCUT2D eigenvalue weighted by Crippen LogP contribution is 2.45. The fraction of sp³-hybridized carbons (Fsp3) is 0.250. The van der Waals surface area contributed by atoms with Crippen LogP contribution in [0.4, 0.5) is 0 Å². The molecule has 26 heavy (non-hydrogen) atoms. The molecule has 6 heteroatoms. The van der Waals surface area contributed by atoms with Crippen LogP contribution in [0.1, 0.15) is 47.4 Å². The number of ketones is 1. The van der Waals surface area contributed by atoms with Crippen molar-refractivity contribution >= 4 is 5.78 Å². The highest BCUT2D eigenvalue weighted by molar-refractivity contribution is 6.03. The van der Waals surface area contributed by atoms with Crippen molar-refractivity contribution in [2.45, 2.75) is 32.3 Å². The predicted octanol–water partition coefficient (Wildman–Crippen LogP) is 3.72. The summed E-state index contributed by atoms with van der Waals surface area (Å²) in [5.74, 6) is -1.23. The third-order valence-corrected chi connectivity index (χ3v) is 4.44. The highest BCUT2D eigenvalue weighted by atomic mass is 16.5. The van der Waals surface area contributed by atoms with E-state index in [0.29, 0.717) is 24.0 Å². The molecule has 2 aromatic rings. The fourth-order valence-electron chi connectivity index (χ4n) is 3.01. The van der Waals surface area contributed by atoms with Crippen LogP contribution in [0.5, 0.6) is 28.7 Å². The summed E-state index contributed by atoms with van der Waals surface area (Å²) in [6.07, 6.45) is 0.212. The predicted molar refractivity (Wildman–Crippen MR) is 95.0 cm³/mol. The quantitative estimate of drug-likeness (QED) is 0.491. The lowest BCUT2D eigenvalue weighted by atomic mass is 9.92. The number of aromatic hydroxyl groups is 4. The molecule has 0 amide bonds. The summed E-state index contributed by atoms with van der Waals surface area (Å²) in [6.45, 7) is 5.64. The Hall–Kier alpha value is -3.15. The summed E-state index contributed by atoms with van der Waals surface area (Å²) >= 11 is 0. The van der Waals surface area contributed by atoms with Gasteiger partial charge in [0.1, 0.15) is 28.9 Å². The van der Waals surface area contributed by atoms with Crippen molar-refractivity contribution in [2.24, 2.45) is 0 Å². The number of carbonyl (C=O) groups is 1. The molecular weight excluding hydrogens is 336 g/mol. The molecule has 4 N–H and O–H groups in total. The normalized spacial score (nSPS) is 16.0. The molecule has 136 valence electrons. The van der Waals surface area contributed by atoms with Gasteiger partial charge in [-0.2, -0.15) is 0 Å². The molecule has 0 bridgehead atoms. The molecule has 1 atom stereocenters. The van der Waals surface area contributed by atoms with E-state index in [1.54, 1.807) is 6.07 Å². The smallest absolute Gasteiger partial charge is 0.174 e. The molecule has 0 aliphatic carbocycles. The standard InChI is InChI=1S/C20H20O6/c1-10(2)3-5-12-14(22)8-18-19(20(12)25)16(24)9-17(26-18)11-4-6-13(21)15(23)7-11/h4,6-8,17,21-23,25H,1,3,5,9H2,2H3. The van der Waals surface area contributed by atoms with Crippen LogP contribution in [0.3, 0.4) is 0 Å². The maximum Gasteiger partial charge on any atom is 0.174 e. The van der Waals surface area contributed by atoms with Crippen LogP contribution >= 0.6 is 0 Å². The van der Waals surface area contributed by atoms with Gasteiger partial charge in [0.15, 0.2) is 17.3 Å². The monoisotopic (exact) mass is 356 g/mol. The second kappa shape index (κ2) is 6.63. The van der Waals surface area contributed by atoms with Crippen molar-refractivity contribution in [1.82, 2.24) is 0 Å². The number of hydrogen-bond acceptors (Lipinski definition) is 6. The second-order valence-electron chi connectivity index (χ2n) is 6.54. The van der Waals surface area contributed by atoms with Gasteiger partial charge in [0.05, 0.1) is 6.42 Å². The number of hydrogen-bond donors (Lipinski definition) is 4. The number of allylic oxidation sites excluding steroid dienone is 1. The molecule has 0 fully saturated rings. The van der Waals surface area contributed by atoms with E-state index in [1.807, 2.05) is 6.92 Å². The maximum absolute atomic E-state index is 12.6. The van der Waals surface area contributed by atoms with Gasteiger partial charge >= 0.3 is 0 Å². The molecular formula is C20H20O6. The maximum atomic E-state index is 12.6. The molecule has 0 saturated heterocycles. The molecule has 1 aliphatic heterocycles. The lowest BCUT2D eigenvalue weighted by molar-refractivity contribution is 0.0844. The number of fused-ring (bicyclic) bond motifs is 1. The van der Waals surface area contributed by atoms with E-state index in [4.69, 9.17) is 4.74 Å². The Balaban J connectivity index is 1.97. The Kier molecular flexibility index (Phi) is 4.50. The minimum absolute atomic E-state index is 0.0323. The SMILES string of the molecule is C=C(C)CCc1c(O)cc2c(c1O)C(=O)CC(c1ccc(O)c(O)c1)O2. The number of carbonyl (C=O) groups excluding carboxylic acids is 1. The van der Waals surface area contributed by atoms with Crippen molar-refractivity contribution in [3.05, 3.63) is 53.1 Å². The van der Waals surface area contributed by atoms with Gasteiger partial charge in [-0.25, -0.2) is 0 Å². The Morgan fingerprint density at radius 2 is 1.88 bits per heavy atom. The minimum Gasteiger partial charge on any atom is -0.507 e. The first-order valence-corrected chi connectivity index (χ1v) is 8.21. The van der Waals surface area contributed by atoms with E-state index in [0.717, 1.165) is 5.57 Å². The van der Waals surface area contributed by atoms with E-state index < -0.39 is 6.10 Å². The summed E-state index contributed by atoms with van der Waals surface area (Å²) in [5.41, 5.74) is 1.75. The molecule has 1 heterocycles. The first kappa shape index (κ1) is 17.7. The average molecular weight is 356 g/mol. The molecule has 2 aromatic carbocycles. The third-order valence-electron chi connectivity index (χ3n) is 4.44. The van der Waals surface area contributed by atoms with E-state index in [9.17, 15) is 25.2 Å². The molecule has 0 radical (unpaired) electrons. The van der Waals surface area contributed by atoms with Crippen molar-refractivity contribution in [1.29, 1.82) is 0 Å². The fourth-order valence-corrected chi connectivity index (χ4v) is 3.01. The van der Waals surface area contributed by atoms with Crippen molar-refractivity contribution in [3.63, 3.8) is 0 Å². The Morgan fingerprint density at radius 3 is 2.54 bits per heavy atom. The van der Waals surface area contributed by atoms with Gasteiger partial charge in [-0.3, -0.25) is 4.79 Å². The summed E-state index contributed by atoms with van der Waals surface area (Å²) in [6, 6.07) is 5.50. The van der Waals surface area contributed by atoms with Crippen LogP contribution in [0, 0.1) is 0 Å². The van der Waals surface area contributed by atoms with Crippen molar-refractivity contribution in [3.8, 4) is 28.7 Å². The van der Waals surface area contributed by atoms with Gasteiger partial charge in [0, 0.05) is 11.6 Å². The van der Waals surface area contributed by atoms with Gasteiger partial charge in [0.2, 0.25) is 0 Å². The summed E-state index contributed by atoms with van der Waals surface area (Å²) < 4.78 is 5.77. The van der Waals surface area contributed by atoms with Crippen LogP contribution in [0.25, 0.3) is 0 Å². The van der Waals surface area contributed by atoms with Gasteiger partial charge in [-0.05, 0) is 37.5 Å². The molecule has 0 saturated carbocycles. The van der Waals surface area contributed by atoms with Gasteiger partial charge in [-0.15, -0.1) is 6.58 Å². The number of phenols is 4. The zero-order chi connectivity index (χ0) is 19.0. The van der Waals surface area contributed by atoms with E-state index >= 15 is 0 Å². The average Bonchev–Trinajstić information content (AvgIpc) is 2.56. The number of ether oxygens (including phenoxy) is 1. The summed E-state index contributed by atoms with van der Waals surface area (Å²) in [4.78, 5) is 12.6. The molecule has 1 unspecified atom stereocenters. The second-order valence-corrected chi connectivity index (χ2v) is 6.54. The highest BCUT2D eigenvalue weighted by Gasteiger charge is 2.32. The molecule has 1 aliphatic rings. The lowest BCUT2D eigenvalue weighted by Gasteiger charge is -2.27.